The molecule has 1 aliphatic heterocycles. The van der Waals surface area contributed by atoms with Crippen LogP contribution in [0.25, 0.3) is 0 Å². The smallest absolute Gasteiger partial charge is 0.314 e. The highest BCUT2D eigenvalue weighted by Crippen LogP contribution is 2.34. The summed E-state index contributed by atoms with van der Waals surface area (Å²) >= 11 is 0. The van der Waals surface area contributed by atoms with Crippen LogP contribution >= 0.6 is 0 Å². The molecule has 1 aromatic rings. The molecule has 0 aromatic heterocycles. The molecular weight excluding hydrogens is 360 g/mol. The number of hydrogen-bond donors (Lipinski definition) is 1. The maximum Gasteiger partial charge on any atom is 0.314 e. The minimum Gasteiger partial charge on any atom is -0.493 e. The third-order valence-corrected chi connectivity index (χ3v) is 6.07. The van der Waals surface area contributed by atoms with Gasteiger partial charge in [0.15, 0.2) is 21.3 Å². The Labute approximate surface area is 151 Å². The Morgan fingerprint density at radius 3 is 2.58 bits per heavy atom. The molecule has 1 saturated carbocycles. The average molecular weight is 380 g/mol. The molecule has 3 rings (SSSR count). The van der Waals surface area contributed by atoms with E-state index in [9.17, 15) is 18.0 Å². The van der Waals surface area contributed by atoms with Crippen LogP contribution in [0.3, 0.4) is 0 Å². The summed E-state index contributed by atoms with van der Waals surface area (Å²) < 4.78 is 33.3. The van der Waals surface area contributed by atoms with Gasteiger partial charge in [0.2, 0.25) is 5.91 Å². The summed E-state index contributed by atoms with van der Waals surface area (Å²) in [5, 5.41) is 3.86. The molecule has 1 N–H and O–H groups in total. The topological polar surface area (TPSA) is 111 Å². The van der Waals surface area contributed by atoms with E-state index in [1.54, 1.807) is 18.2 Å². The van der Waals surface area contributed by atoms with Gasteiger partial charge < -0.3 is 9.47 Å². The number of methoxy groups -OCH3 is 1. The molecule has 0 unspecified atom stereocenters. The maximum atomic E-state index is 11.9. The van der Waals surface area contributed by atoms with Crippen LogP contribution in [0.5, 0.6) is 11.5 Å². The Morgan fingerprint density at radius 2 is 1.96 bits per heavy atom. The van der Waals surface area contributed by atoms with E-state index in [-0.39, 0.29) is 23.4 Å². The molecule has 0 bridgehead atoms. The van der Waals surface area contributed by atoms with Gasteiger partial charge >= 0.3 is 5.97 Å². The monoisotopic (exact) mass is 380 g/mol. The Kier molecular flexibility index (Phi) is 5.26. The third-order valence-electron chi connectivity index (χ3n) is 4.30. The van der Waals surface area contributed by atoms with Crippen LogP contribution in [0.15, 0.2) is 23.3 Å². The third kappa shape index (κ3) is 4.60. The van der Waals surface area contributed by atoms with E-state index in [1.807, 2.05) is 0 Å². The summed E-state index contributed by atoms with van der Waals surface area (Å²) in [7, 11) is -1.65. The number of nitrogens with zero attached hydrogens (tertiary/aromatic N) is 1. The maximum absolute atomic E-state index is 11.9. The van der Waals surface area contributed by atoms with Crippen molar-refractivity contribution in [1.29, 1.82) is 0 Å². The zero-order valence-corrected chi connectivity index (χ0v) is 15.1. The van der Waals surface area contributed by atoms with E-state index in [0.29, 0.717) is 23.5 Å². The van der Waals surface area contributed by atoms with Crippen LogP contribution in [-0.4, -0.2) is 45.1 Å². The van der Waals surface area contributed by atoms with Crippen molar-refractivity contribution in [3.63, 3.8) is 0 Å². The Hall–Kier alpha value is -2.42. The molecule has 9 heteroatoms. The number of hydrogen-bond acceptors (Lipinski definition) is 7. The van der Waals surface area contributed by atoms with Crippen molar-refractivity contribution >= 4 is 27.9 Å². The molecule has 1 aromatic carbocycles. The van der Waals surface area contributed by atoms with Crippen molar-refractivity contribution in [2.75, 3.05) is 18.6 Å². The van der Waals surface area contributed by atoms with Crippen LogP contribution in [-0.2, 0) is 19.4 Å². The van der Waals surface area contributed by atoms with Crippen LogP contribution in [0.1, 0.15) is 24.8 Å². The van der Waals surface area contributed by atoms with Crippen molar-refractivity contribution in [1.82, 2.24) is 5.43 Å². The first-order valence-corrected chi connectivity index (χ1v) is 10.1. The molecule has 1 atom stereocenters. The van der Waals surface area contributed by atoms with Gasteiger partial charge in [-0.2, -0.15) is 5.10 Å². The molecule has 8 nitrogen and oxygen atoms in total. The van der Waals surface area contributed by atoms with Gasteiger partial charge in [-0.1, -0.05) is 0 Å². The number of nitrogens with one attached hydrogen (secondary N) is 1. The van der Waals surface area contributed by atoms with Crippen LogP contribution in [0.4, 0.5) is 0 Å². The van der Waals surface area contributed by atoms with Crippen LogP contribution in [0, 0.1) is 11.8 Å². The number of benzene rings is 1. The van der Waals surface area contributed by atoms with Crippen molar-refractivity contribution in [2.24, 2.45) is 16.9 Å². The average Bonchev–Trinajstić information content (AvgIpc) is 3.39. The van der Waals surface area contributed by atoms with Gasteiger partial charge in [-0.15, -0.1) is 0 Å². The second kappa shape index (κ2) is 7.45. The molecule has 1 aliphatic carbocycles. The molecule has 1 saturated heterocycles. The minimum absolute atomic E-state index is 0.0180. The molecule has 2 aliphatic rings. The first-order valence-electron chi connectivity index (χ1n) is 8.31. The zero-order valence-electron chi connectivity index (χ0n) is 14.3. The molecule has 1 amide bonds. The van der Waals surface area contributed by atoms with Crippen molar-refractivity contribution in [2.45, 2.75) is 19.3 Å². The van der Waals surface area contributed by atoms with E-state index in [1.165, 1.54) is 13.3 Å². The number of esters is 1. The Morgan fingerprint density at radius 1 is 1.19 bits per heavy atom. The quantitative estimate of drug-likeness (QED) is 0.340. The van der Waals surface area contributed by atoms with Gasteiger partial charge in [0.1, 0.15) is 0 Å². The standard InChI is InChI=1S/C17H20N2O6S/c1-24-15-8-11(2-5-14(15)25-17(21)12-3-4-12)9-18-19-16(20)13-6-7-26(22,23)10-13/h2,5,8-9,12-13H,3-4,6-7,10H2,1H3,(H,19,20)/b18-9-/t13-/m0/s1. The van der Waals surface area contributed by atoms with Crippen molar-refractivity contribution in [3.05, 3.63) is 23.8 Å². The molecule has 0 radical (unpaired) electrons. The fourth-order valence-corrected chi connectivity index (χ4v) is 4.36. The lowest BCUT2D eigenvalue weighted by atomic mass is 10.1. The van der Waals surface area contributed by atoms with E-state index < -0.39 is 21.7 Å². The highest BCUT2D eigenvalue weighted by molar-refractivity contribution is 7.91. The fourth-order valence-electron chi connectivity index (χ4n) is 2.62. The zero-order chi connectivity index (χ0) is 18.7. The van der Waals surface area contributed by atoms with Gasteiger partial charge in [0.05, 0.1) is 36.7 Å². The van der Waals surface area contributed by atoms with E-state index >= 15 is 0 Å². The summed E-state index contributed by atoms with van der Waals surface area (Å²) in [6.45, 7) is 0. The lowest BCUT2D eigenvalue weighted by molar-refractivity contribution is -0.135. The predicted octanol–water partition coefficient (Wildman–Crippen LogP) is 0.895. The van der Waals surface area contributed by atoms with E-state index in [4.69, 9.17) is 9.47 Å². The fraction of sp³-hybridized carbons (Fsp3) is 0.471. The molecular formula is C17H20N2O6S. The minimum atomic E-state index is -3.11. The SMILES string of the molecule is COc1cc(/C=N\NC(=O)[C@H]2CCS(=O)(=O)C2)ccc1OC(=O)C1CC1. The highest BCUT2D eigenvalue weighted by Gasteiger charge is 2.33. The number of amides is 1. The Bertz CT molecular complexity index is 845. The molecule has 26 heavy (non-hydrogen) atoms. The highest BCUT2D eigenvalue weighted by atomic mass is 32.2. The lowest BCUT2D eigenvalue weighted by Gasteiger charge is -2.09. The number of ether oxygens (including phenoxy) is 2. The number of carbonyl (C=O) groups is 2. The number of carbonyl (C=O) groups excluding carboxylic acids is 2. The molecule has 0 spiro atoms. The second-order valence-corrected chi connectivity index (χ2v) is 8.67. The number of sulfone groups is 1. The summed E-state index contributed by atoms with van der Waals surface area (Å²) in [6, 6.07) is 4.91. The molecule has 2 fully saturated rings. The Balaban J connectivity index is 1.59. The normalized spacial score (nSPS) is 21.5. The predicted molar refractivity (Wildman–Crippen MR) is 93.9 cm³/mol. The molecule has 1 heterocycles. The van der Waals surface area contributed by atoms with Gasteiger partial charge in [0, 0.05) is 0 Å². The summed E-state index contributed by atoms with van der Waals surface area (Å²) in [6.07, 6.45) is 3.44. The lowest BCUT2D eigenvalue weighted by Crippen LogP contribution is -2.27. The largest absolute Gasteiger partial charge is 0.493 e. The van der Waals surface area contributed by atoms with Gasteiger partial charge in [-0.3, -0.25) is 9.59 Å². The van der Waals surface area contributed by atoms with E-state index in [0.717, 1.165) is 12.8 Å². The first kappa shape index (κ1) is 18.4. The summed E-state index contributed by atoms with van der Waals surface area (Å²) in [5.74, 6) is -0.631. The summed E-state index contributed by atoms with van der Waals surface area (Å²) in [5.41, 5.74) is 2.99. The van der Waals surface area contributed by atoms with Crippen LogP contribution in [0.2, 0.25) is 0 Å². The van der Waals surface area contributed by atoms with E-state index in [2.05, 4.69) is 10.5 Å². The van der Waals surface area contributed by atoms with Gasteiger partial charge in [-0.05, 0) is 43.0 Å². The van der Waals surface area contributed by atoms with Crippen LogP contribution < -0.4 is 14.9 Å². The number of hydrazone groups is 1. The molecule has 140 valence electrons. The second-order valence-electron chi connectivity index (χ2n) is 6.44. The van der Waals surface area contributed by atoms with Gasteiger partial charge in [0.25, 0.3) is 0 Å². The van der Waals surface area contributed by atoms with Gasteiger partial charge in [-0.25, -0.2) is 13.8 Å². The first-order chi connectivity index (χ1) is 12.4. The van der Waals surface area contributed by atoms with Crippen molar-refractivity contribution in [3.8, 4) is 11.5 Å². The summed E-state index contributed by atoms with van der Waals surface area (Å²) in [4.78, 5) is 23.7. The van der Waals surface area contributed by atoms with Crippen molar-refractivity contribution < 1.29 is 27.5 Å². The number of rotatable bonds is 6.